The van der Waals surface area contributed by atoms with Gasteiger partial charge < -0.3 is 15.0 Å². The normalized spacial score (nSPS) is 19.2. The molecule has 28 heavy (non-hydrogen) atoms. The van der Waals surface area contributed by atoms with Crippen molar-refractivity contribution in [3.8, 4) is 5.75 Å². The molecule has 0 aliphatic heterocycles. The van der Waals surface area contributed by atoms with Crippen LogP contribution < -0.4 is 15.7 Å². The predicted octanol–water partition coefficient (Wildman–Crippen LogP) is 2.53. The van der Waals surface area contributed by atoms with E-state index in [-0.39, 0.29) is 23.7 Å². The topological polar surface area (TPSA) is 97.0 Å². The highest BCUT2D eigenvalue weighted by Crippen LogP contribution is 2.25. The van der Waals surface area contributed by atoms with Crippen LogP contribution in [-0.2, 0) is 11.2 Å². The number of hydrogen-bond donors (Lipinski definition) is 2. The number of H-pyrrole nitrogens is 1. The molecule has 0 unspecified atom stereocenters. The molecular weight excluding hydrogens is 356 g/mol. The number of aromatic nitrogens is 3. The number of aromatic amines is 1. The summed E-state index contributed by atoms with van der Waals surface area (Å²) in [6.45, 7) is 5.60. The number of carbonyl (C=O) groups is 1. The number of nitrogens with zero attached hydrogens (tertiary/aromatic N) is 2. The molecule has 1 aliphatic carbocycles. The molecule has 0 aromatic carbocycles. The molecule has 0 radical (unpaired) electrons. The zero-order chi connectivity index (χ0) is 20.1. The summed E-state index contributed by atoms with van der Waals surface area (Å²) >= 11 is 0. The van der Waals surface area contributed by atoms with Crippen molar-refractivity contribution in [2.24, 2.45) is 0 Å². The number of nitrogens with one attached hydrogen (secondary N) is 2. The largest absolute Gasteiger partial charge is 0.489 e. The van der Waals surface area contributed by atoms with E-state index in [0.29, 0.717) is 18.5 Å². The molecule has 7 nitrogen and oxygen atoms in total. The minimum absolute atomic E-state index is 0.0393. The molecule has 2 aromatic heterocycles. The van der Waals surface area contributed by atoms with Crippen LogP contribution in [0.25, 0.3) is 0 Å². The lowest BCUT2D eigenvalue weighted by atomic mass is 9.92. The maximum atomic E-state index is 12.3. The summed E-state index contributed by atoms with van der Waals surface area (Å²) in [4.78, 5) is 34.6. The van der Waals surface area contributed by atoms with Crippen LogP contribution in [0.3, 0.4) is 0 Å². The molecule has 0 bridgehead atoms. The molecule has 1 saturated carbocycles. The average Bonchev–Trinajstić information content (AvgIpc) is 2.64. The summed E-state index contributed by atoms with van der Waals surface area (Å²) in [7, 11) is 0. The molecule has 1 amide bonds. The molecule has 1 aliphatic rings. The highest BCUT2D eigenvalue weighted by atomic mass is 16.5. The average molecular weight is 384 g/mol. The van der Waals surface area contributed by atoms with Crippen molar-refractivity contribution in [2.45, 2.75) is 71.4 Å². The van der Waals surface area contributed by atoms with Gasteiger partial charge in [0.25, 0.3) is 0 Å². The van der Waals surface area contributed by atoms with Gasteiger partial charge in [-0.2, -0.15) is 4.98 Å². The highest BCUT2D eigenvalue weighted by Gasteiger charge is 2.24. The van der Waals surface area contributed by atoms with Crippen molar-refractivity contribution in [1.29, 1.82) is 0 Å². The first-order valence-corrected chi connectivity index (χ1v) is 9.86. The van der Waals surface area contributed by atoms with Gasteiger partial charge in [-0.05, 0) is 70.6 Å². The number of amides is 1. The Labute approximate surface area is 165 Å². The van der Waals surface area contributed by atoms with Gasteiger partial charge in [-0.25, -0.2) is 4.79 Å². The van der Waals surface area contributed by atoms with E-state index in [0.717, 1.165) is 48.4 Å². The van der Waals surface area contributed by atoms with Crippen molar-refractivity contribution in [3.05, 3.63) is 51.5 Å². The summed E-state index contributed by atoms with van der Waals surface area (Å²) < 4.78 is 6.07. The molecule has 0 atom stereocenters. The number of ether oxygens (including phenoxy) is 1. The lowest BCUT2D eigenvalue weighted by Gasteiger charge is -2.29. The quantitative estimate of drug-likeness (QED) is 0.798. The minimum atomic E-state index is -0.344. The van der Waals surface area contributed by atoms with Crippen LogP contribution in [0.5, 0.6) is 5.75 Å². The predicted molar refractivity (Wildman–Crippen MR) is 106 cm³/mol. The number of aryl methyl sites for hydroxylation is 3. The van der Waals surface area contributed by atoms with E-state index < -0.39 is 0 Å². The van der Waals surface area contributed by atoms with Gasteiger partial charge in [0.05, 0.1) is 11.8 Å². The summed E-state index contributed by atoms with van der Waals surface area (Å²) in [6.07, 6.45) is 6.56. The maximum Gasteiger partial charge on any atom is 0.345 e. The van der Waals surface area contributed by atoms with Crippen molar-refractivity contribution < 1.29 is 9.53 Å². The Morgan fingerprint density at radius 1 is 1.21 bits per heavy atom. The Bertz CT molecular complexity index is 859. The summed E-state index contributed by atoms with van der Waals surface area (Å²) in [5.41, 5.74) is 2.98. The number of hydrogen-bond acceptors (Lipinski definition) is 5. The fourth-order valence-corrected chi connectivity index (χ4v) is 3.76. The molecule has 2 heterocycles. The Kier molecular flexibility index (Phi) is 6.44. The van der Waals surface area contributed by atoms with Gasteiger partial charge in [0.1, 0.15) is 5.75 Å². The van der Waals surface area contributed by atoms with Crippen molar-refractivity contribution >= 4 is 5.91 Å². The van der Waals surface area contributed by atoms with Crippen molar-refractivity contribution in [3.63, 3.8) is 0 Å². The molecular formula is C21H28N4O3. The highest BCUT2D eigenvalue weighted by molar-refractivity contribution is 5.76. The Morgan fingerprint density at radius 2 is 1.96 bits per heavy atom. The molecule has 1 fully saturated rings. The second-order valence-electron chi connectivity index (χ2n) is 7.48. The molecule has 2 aromatic rings. The second kappa shape index (κ2) is 8.99. The van der Waals surface area contributed by atoms with E-state index >= 15 is 0 Å². The summed E-state index contributed by atoms with van der Waals surface area (Å²) in [5, 5.41) is 3.14. The third-order valence-corrected chi connectivity index (χ3v) is 5.35. The van der Waals surface area contributed by atoms with Crippen molar-refractivity contribution in [1.82, 2.24) is 20.3 Å². The van der Waals surface area contributed by atoms with Gasteiger partial charge in [0, 0.05) is 30.0 Å². The lowest BCUT2D eigenvalue weighted by molar-refractivity contribution is -0.122. The van der Waals surface area contributed by atoms with E-state index in [1.165, 1.54) is 0 Å². The van der Waals surface area contributed by atoms with Gasteiger partial charge in [-0.3, -0.25) is 9.78 Å². The van der Waals surface area contributed by atoms with Gasteiger partial charge in [-0.1, -0.05) is 0 Å². The van der Waals surface area contributed by atoms with Gasteiger partial charge >= 0.3 is 5.69 Å². The third-order valence-electron chi connectivity index (χ3n) is 5.35. The van der Waals surface area contributed by atoms with Crippen LogP contribution in [0, 0.1) is 20.8 Å². The van der Waals surface area contributed by atoms with Gasteiger partial charge in [0.15, 0.2) is 0 Å². The Hall–Kier alpha value is -2.70. The number of pyridine rings is 1. The van der Waals surface area contributed by atoms with Crippen molar-refractivity contribution in [2.75, 3.05) is 0 Å². The van der Waals surface area contributed by atoms with Crippen LogP contribution >= 0.6 is 0 Å². The summed E-state index contributed by atoms with van der Waals surface area (Å²) in [6, 6.07) is 4.03. The zero-order valence-corrected chi connectivity index (χ0v) is 16.7. The maximum absolute atomic E-state index is 12.3. The molecule has 150 valence electrons. The van der Waals surface area contributed by atoms with E-state index in [1.54, 1.807) is 13.1 Å². The smallest absolute Gasteiger partial charge is 0.345 e. The third kappa shape index (κ3) is 5.18. The monoisotopic (exact) mass is 384 g/mol. The fourth-order valence-electron chi connectivity index (χ4n) is 3.76. The molecule has 0 spiro atoms. The standard InChI is InChI=1S/C21H28N4O3/c1-13-18(14(2)24-21(27)23-13)10-11-20(26)25-16-6-8-17(9-7-16)28-19-5-4-12-22-15(19)3/h4-5,12,16-17H,6-11H2,1-3H3,(H,25,26)(H,23,24,27). The lowest BCUT2D eigenvalue weighted by Crippen LogP contribution is -2.39. The van der Waals surface area contributed by atoms with Gasteiger partial charge in [-0.15, -0.1) is 0 Å². The van der Waals surface area contributed by atoms with E-state index in [9.17, 15) is 9.59 Å². The van der Waals surface area contributed by atoms with Crippen LogP contribution in [0.1, 0.15) is 54.7 Å². The summed E-state index contributed by atoms with van der Waals surface area (Å²) in [5.74, 6) is 0.882. The number of carbonyl (C=O) groups excluding carboxylic acids is 1. The molecule has 0 saturated heterocycles. The fraction of sp³-hybridized carbons (Fsp3) is 0.524. The minimum Gasteiger partial charge on any atom is -0.489 e. The molecule has 7 heteroatoms. The Balaban J connectivity index is 1.44. The first kappa shape index (κ1) is 20.0. The van der Waals surface area contributed by atoms with Crippen LogP contribution in [0.15, 0.2) is 23.1 Å². The van der Waals surface area contributed by atoms with E-state index in [2.05, 4.69) is 20.3 Å². The van der Waals surface area contributed by atoms with Crippen LogP contribution in [0.2, 0.25) is 0 Å². The second-order valence-corrected chi connectivity index (χ2v) is 7.48. The number of rotatable bonds is 6. The van der Waals surface area contributed by atoms with Crippen LogP contribution in [0.4, 0.5) is 0 Å². The van der Waals surface area contributed by atoms with Crippen LogP contribution in [-0.4, -0.2) is 33.0 Å². The van der Waals surface area contributed by atoms with Gasteiger partial charge in [0.2, 0.25) is 5.91 Å². The SMILES string of the molecule is Cc1ncccc1OC1CCC(NC(=O)CCc2c(C)nc(=O)[nH]c2C)CC1. The first-order valence-electron chi connectivity index (χ1n) is 9.86. The Morgan fingerprint density at radius 3 is 2.64 bits per heavy atom. The molecule has 3 rings (SSSR count). The van der Waals surface area contributed by atoms with E-state index in [4.69, 9.17) is 4.74 Å². The molecule has 2 N–H and O–H groups in total. The first-order chi connectivity index (χ1) is 13.4. The van der Waals surface area contributed by atoms with E-state index in [1.807, 2.05) is 26.0 Å². The zero-order valence-electron chi connectivity index (χ0n) is 16.7.